The molecule has 0 saturated heterocycles. The molecular formula is C14H22N2O2. The average Bonchev–Trinajstić information content (AvgIpc) is 2.31. The highest BCUT2D eigenvalue weighted by Gasteiger charge is 2.29. The molecule has 0 atom stereocenters. The summed E-state index contributed by atoms with van der Waals surface area (Å²) in [5.74, 6) is 0.290. The third kappa shape index (κ3) is 3.74. The van der Waals surface area contributed by atoms with Crippen LogP contribution in [0.3, 0.4) is 0 Å². The Morgan fingerprint density at radius 2 is 1.89 bits per heavy atom. The molecule has 0 spiro atoms. The topological polar surface area (TPSA) is 52.6 Å². The van der Waals surface area contributed by atoms with Gasteiger partial charge < -0.3 is 15.3 Å². The van der Waals surface area contributed by atoms with Crippen molar-refractivity contribution in [1.29, 1.82) is 0 Å². The Morgan fingerprint density at radius 3 is 2.39 bits per heavy atom. The number of phenolic OH excluding ortho intramolecular Hbond substituents is 1. The van der Waals surface area contributed by atoms with E-state index in [4.69, 9.17) is 0 Å². The molecule has 18 heavy (non-hydrogen) atoms. The molecule has 2 N–H and O–H groups in total. The van der Waals surface area contributed by atoms with Crippen LogP contribution in [0, 0.1) is 0 Å². The van der Waals surface area contributed by atoms with Gasteiger partial charge in [0.2, 0.25) is 5.91 Å². The summed E-state index contributed by atoms with van der Waals surface area (Å²) in [7, 11) is 1.79. The zero-order valence-electron chi connectivity index (χ0n) is 11.5. The molecule has 4 nitrogen and oxygen atoms in total. The van der Waals surface area contributed by atoms with Gasteiger partial charge in [-0.05, 0) is 38.1 Å². The lowest BCUT2D eigenvalue weighted by Crippen LogP contribution is -2.52. The van der Waals surface area contributed by atoms with Gasteiger partial charge in [-0.25, -0.2) is 0 Å². The Balaban J connectivity index is 2.67. The predicted octanol–water partition coefficient (Wildman–Crippen LogP) is 1.74. The van der Waals surface area contributed by atoms with Crippen LogP contribution in [0.25, 0.3) is 0 Å². The van der Waals surface area contributed by atoms with Gasteiger partial charge in [0, 0.05) is 13.6 Å². The fourth-order valence-electron chi connectivity index (χ4n) is 1.94. The van der Waals surface area contributed by atoms with E-state index in [9.17, 15) is 9.90 Å². The van der Waals surface area contributed by atoms with Crippen LogP contribution in [0.1, 0.15) is 26.3 Å². The Labute approximate surface area is 109 Å². The third-order valence-corrected chi connectivity index (χ3v) is 2.86. The molecule has 1 amide bonds. The first-order chi connectivity index (χ1) is 8.36. The molecule has 0 radical (unpaired) electrons. The molecule has 0 aromatic heterocycles. The lowest BCUT2D eigenvalue weighted by atomic mass is 10.0. The Hall–Kier alpha value is -1.55. The lowest BCUT2D eigenvalue weighted by molar-refractivity contribution is -0.136. The first kappa shape index (κ1) is 14.5. The van der Waals surface area contributed by atoms with E-state index in [0.29, 0.717) is 6.54 Å². The van der Waals surface area contributed by atoms with E-state index >= 15 is 0 Å². The number of hydrogen-bond acceptors (Lipinski definition) is 3. The Kier molecular flexibility index (Phi) is 4.73. The molecule has 0 aliphatic rings. The molecule has 0 aliphatic heterocycles. The standard InChI is InChI=1S/C14H22N2O2/c1-5-15-14(2,3)13(18)16(4)10-11-6-8-12(17)9-7-11/h6-9,15,17H,5,10H2,1-4H3. The number of amides is 1. The Morgan fingerprint density at radius 1 is 1.33 bits per heavy atom. The maximum Gasteiger partial charge on any atom is 0.242 e. The van der Waals surface area contributed by atoms with E-state index in [1.165, 1.54) is 0 Å². The van der Waals surface area contributed by atoms with Crippen LogP contribution in [-0.2, 0) is 11.3 Å². The maximum atomic E-state index is 12.2. The summed E-state index contributed by atoms with van der Waals surface area (Å²) in [6, 6.07) is 6.89. The van der Waals surface area contributed by atoms with E-state index < -0.39 is 5.54 Å². The van der Waals surface area contributed by atoms with Crippen molar-refractivity contribution < 1.29 is 9.90 Å². The monoisotopic (exact) mass is 250 g/mol. The van der Waals surface area contributed by atoms with Gasteiger partial charge in [-0.1, -0.05) is 19.1 Å². The summed E-state index contributed by atoms with van der Waals surface area (Å²) in [5, 5.41) is 12.4. The highest BCUT2D eigenvalue weighted by molar-refractivity contribution is 5.85. The molecule has 1 aromatic carbocycles. The summed E-state index contributed by atoms with van der Waals surface area (Å²) >= 11 is 0. The number of nitrogens with one attached hydrogen (secondary N) is 1. The van der Waals surface area contributed by atoms with Crippen molar-refractivity contribution in [1.82, 2.24) is 10.2 Å². The van der Waals surface area contributed by atoms with Crippen LogP contribution in [0.2, 0.25) is 0 Å². The zero-order chi connectivity index (χ0) is 13.8. The fourth-order valence-corrected chi connectivity index (χ4v) is 1.94. The number of aromatic hydroxyl groups is 1. The van der Waals surface area contributed by atoms with Gasteiger partial charge in [-0.2, -0.15) is 0 Å². The second kappa shape index (κ2) is 5.87. The van der Waals surface area contributed by atoms with Gasteiger partial charge in [-0.15, -0.1) is 0 Å². The molecule has 4 heteroatoms. The van der Waals surface area contributed by atoms with Gasteiger partial charge in [0.15, 0.2) is 0 Å². The first-order valence-corrected chi connectivity index (χ1v) is 6.15. The minimum Gasteiger partial charge on any atom is -0.508 e. The molecule has 0 heterocycles. The van der Waals surface area contributed by atoms with Gasteiger partial charge in [0.05, 0.1) is 5.54 Å². The van der Waals surface area contributed by atoms with E-state index in [0.717, 1.165) is 12.1 Å². The zero-order valence-corrected chi connectivity index (χ0v) is 11.5. The van der Waals surface area contributed by atoms with Crippen LogP contribution in [0.4, 0.5) is 0 Å². The first-order valence-electron chi connectivity index (χ1n) is 6.15. The molecule has 0 saturated carbocycles. The van der Waals surface area contributed by atoms with Crippen LogP contribution < -0.4 is 5.32 Å². The van der Waals surface area contributed by atoms with Gasteiger partial charge >= 0.3 is 0 Å². The quantitative estimate of drug-likeness (QED) is 0.837. The smallest absolute Gasteiger partial charge is 0.242 e. The summed E-state index contributed by atoms with van der Waals surface area (Å²) < 4.78 is 0. The number of likely N-dealkylation sites (N-methyl/N-ethyl adjacent to an activating group) is 2. The van der Waals surface area contributed by atoms with Crippen LogP contribution in [0.5, 0.6) is 5.75 Å². The van der Waals surface area contributed by atoms with Crippen molar-refractivity contribution in [3.63, 3.8) is 0 Å². The molecule has 1 aromatic rings. The third-order valence-electron chi connectivity index (χ3n) is 2.86. The average molecular weight is 250 g/mol. The molecule has 0 fully saturated rings. The minimum absolute atomic E-state index is 0.0532. The molecule has 0 unspecified atom stereocenters. The maximum absolute atomic E-state index is 12.2. The van der Waals surface area contributed by atoms with E-state index in [1.54, 1.807) is 24.1 Å². The second-order valence-corrected chi connectivity index (χ2v) is 4.98. The highest BCUT2D eigenvalue weighted by atomic mass is 16.3. The number of carbonyl (C=O) groups is 1. The van der Waals surface area contributed by atoms with Crippen molar-refractivity contribution in [2.24, 2.45) is 0 Å². The number of benzene rings is 1. The van der Waals surface area contributed by atoms with Crippen LogP contribution >= 0.6 is 0 Å². The SMILES string of the molecule is CCNC(C)(C)C(=O)N(C)Cc1ccc(O)cc1. The normalized spacial score (nSPS) is 11.3. The van der Waals surface area contributed by atoms with Crippen molar-refractivity contribution in [2.75, 3.05) is 13.6 Å². The number of nitrogens with zero attached hydrogens (tertiary/aromatic N) is 1. The molecule has 0 bridgehead atoms. The largest absolute Gasteiger partial charge is 0.508 e. The van der Waals surface area contributed by atoms with E-state index in [2.05, 4.69) is 5.32 Å². The van der Waals surface area contributed by atoms with E-state index in [1.807, 2.05) is 32.9 Å². The molecular weight excluding hydrogens is 228 g/mol. The van der Waals surface area contributed by atoms with Crippen molar-refractivity contribution in [2.45, 2.75) is 32.9 Å². The second-order valence-electron chi connectivity index (χ2n) is 4.98. The van der Waals surface area contributed by atoms with E-state index in [-0.39, 0.29) is 11.7 Å². The van der Waals surface area contributed by atoms with Gasteiger partial charge in [0.1, 0.15) is 5.75 Å². The molecule has 1 rings (SSSR count). The number of carbonyl (C=O) groups excluding carboxylic acids is 1. The van der Waals surface area contributed by atoms with Gasteiger partial charge in [-0.3, -0.25) is 4.79 Å². The lowest BCUT2D eigenvalue weighted by Gasteiger charge is -2.30. The van der Waals surface area contributed by atoms with Crippen LogP contribution in [-0.4, -0.2) is 35.0 Å². The van der Waals surface area contributed by atoms with Crippen molar-refractivity contribution >= 4 is 5.91 Å². The van der Waals surface area contributed by atoms with Crippen molar-refractivity contribution in [3.05, 3.63) is 29.8 Å². The number of phenols is 1. The summed E-state index contributed by atoms with van der Waals surface area (Å²) in [6.07, 6.45) is 0. The fraction of sp³-hybridized carbons (Fsp3) is 0.500. The summed E-state index contributed by atoms with van der Waals surface area (Å²) in [4.78, 5) is 13.9. The molecule has 0 aliphatic carbocycles. The Bertz CT molecular complexity index is 399. The highest BCUT2D eigenvalue weighted by Crippen LogP contribution is 2.13. The summed E-state index contributed by atoms with van der Waals surface area (Å²) in [5.41, 5.74) is 0.441. The summed E-state index contributed by atoms with van der Waals surface area (Å²) in [6.45, 7) is 7.03. The van der Waals surface area contributed by atoms with Crippen LogP contribution in [0.15, 0.2) is 24.3 Å². The predicted molar refractivity (Wildman–Crippen MR) is 72.3 cm³/mol. The minimum atomic E-state index is -0.555. The number of hydrogen-bond donors (Lipinski definition) is 2. The van der Waals surface area contributed by atoms with Gasteiger partial charge in [0.25, 0.3) is 0 Å². The number of rotatable bonds is 5. The van der Waals surface area contributed by atoms with Crippen molar-refractivity contribution in [3.8, 4) is 5.75 Å². The molecule has 100 valence electrons.